The molecule has 0 amide bonds. The molecule has 4 nitrogen and oxygen atoms in total. The Hall–Kier alpha value is -0.610. The third kappa shape index (κ3) is 3.23. The quantitative estimate of drug-likeness (QED) is 0.757. The maximum atomic E-state index is 11.2. The van der Waals surface area contributed by atoms with E-state index in [4.69, 9.17) is 0 Å². The van der Waals surface area contributed by atoms with E-state index in [1.165, 1.54) is 38.5 Å². The summed E-state index contributed by atoms with van der Waals surface area (Å²) >= 11 is 0. The molecule has 0 bridgehead atoms. The van der Waals surface area contributed by atoms with Crippen molar-refractivity contribution in [2.75, 3.05) is 19.6 Å². The summed E-state index contributed by atoms with van der Waals surface area (Å²) in [5.41, 5.74) is 0. The van der Waals surface area contributed by atoms with Crippen molar-refractivity contribution in [1.82, 2.24) is 10.2 Å². The maximum absolute atomic E-state index is 11.2. The summed E-state index contributed by atoms with van der Waals surface area (Å²) in [4.78, 5) is 13.6. The molecule has 1 aliphatic carbocycles. The van der Waals surface area contributed by atoms with Gasteiger partial charge in [0.15, 0.2) is 0 Å². The summed E-state index contributed by atoms with van der Waals surface area (Å²) in [5.74, 6) is 0.109. The predicted octanol–water partition coefficient (Wildman–Crippen LogP) is 1.70. The van der Waals surface area contributed by atoms with Crippen molar-refractivity contribution in [3.05, 3.63) is 0 Å². The summed E-state index contributed by atoms with van der Waals surface area (Å²) in [7, 11) is 0. The first-order valence-electron chi connectivity index (χ1n) is 7.42. The highest BCUT2D eigenvalue weighted by Gasteiger charge is 2.35. The summed E-state index contributed by atoms with van der Waals surface area (Å²) in [6, 6.07) is 0.241. The number of nitrogens with one attached hydrogen (secondary N) is 1. The molecule has 4 heteroatoms. The number of carboxylic acids is 1. The minimum absolute atomic E-state index is 0.406. The lowest BCUT2D eigenvalue weighted by molar-refractivity contribution is -0.140. The Labute approximate surface area is 110 Å². The van der Waals surface area contributed by atoms with Gasteiger partial charge < -0.3 is 10.4 Å². The Morgan fingerprint density at radius 2 is 2.06 bits per heavy atom. The molecule has 0 aromatic heterocycles. The number of carboxylic acid groups (broad SMARTS) is 1. The minimum Gasteiger partial charge on any atom is -0.480 e. The standard InChI is InChI=1S/C14H26N2O2/c1-2-15-12(14(17)18)10-16-9-5-8-13(16)11-6-3-4-7-11/h11-13,15H,2-10H2,1H3,(H,17,18). The molecule has 0 aromatic rings. The Balaban J connectivity index is 1.91. The molecule has 2 N–H and O–H groups in total. The van der Waals surface area contributed by atoms with E-state index in [1.807, 2.05) is 6.92 Å². The highest BCUT2D eigenvalue weighted by molar-refractivity contribution is 5.73. The van der Waals surface area contributed by atoms with E-state index in [0.29, 0.717) is 12.6 Å². The van der Waals surface area contributed by atoms with Gasteiger partial charge in [-0.25, -0.2) is 0 Å². The van der Waals surface area contributed by atoms with Crippen LogP contribution in [0.25, 0.3) is 0 Å². The number of hydrogen-bond acceptors (Lipinski definition) is 3. The average Bonchev–Trinajstić information content (AvgIpc) is 2.97. The Kier molecular flexibility index (Phi) is 5.01. The summed E-state index contributed by atoms with van der Waals surface area (Å²) in [6.45, 7) is 4.44. The second-order valence-electron chi connectivity index (χ2n) is 5.70. The van der Waals surface area contributed by atoms with Crippen molar-refractivity contribution < 1.29 is 9.90 Å². The van der Waals surface area contributed by atoms with Crippen LogP contribution in [-0.4, -0.2) is 47.7 Å². The lowest BCUT2D eigenvalue weighted by atomic mass is 9.96. The van der Waals surface area contributed by atoms with E-state index >= 15 is 0 Å². The molecule has 2 fully saturated rings. The SMILES string of the molecule is CCNC(CN1CCCC1C1CCCC1)C(=O)O. The second kappa shape index (κ2) is 6.53. The summed E-state index contributed by atoms with van der Waals surface area (Å²) in [5, 5.41) is 12.3. The van der Waals surface area contributed by atoms with Crippen LogP contribution in [0.2, 0.25) is 0 Å². The smallest absolute Gasteiger partial charge is 0.322 e. The van der Waals surface area contributed by atoms with Gasteiger partial charge in [0.25, 0.3) is 0 Å². The van der Waals surface area contributed by atoms with E-state index in [1.54, 1.807) is 0 Å². The molecule has 0 radical (unpaired) electrons. The van der Waals surface area contributed by atoms with Crippen molar-refractivity contribution in [2.24, 2.45) is 5.92 Å². The van der Waals surface area contributed by atoms with Crippen LogP contribution in [0.5, 0.6) is 0 Å². The van der Waals surface area contributed by atoms with Crippen LogP contribution in [0, 0.1) is 5.92 Å². The molecule has 1 aliphatic heterocycles. The lowest BCUT2D eigenvalue weighted by Crippen LogP contribution is -2.48. The molecular weight excluding hydrogens is 228 g/mol. The fourth-order valence-corrected chi connectivity index (χ4v) is 3.67. The fourth-order valence-electron chi connectivity index (χ4n) is 3.67. The normalized spacial score (nSPS) is 27.7. The van der Waals surface area contributed by atoms with Crippen LogP contribution in [-0.2, 0) is 4.79 Å². The molecule has 0 aromatic carbocycles. The number of nitrogens with zero attached hydrogens (tertiary/aromatic N) is 1. The van der Waals surface area contributed by atoms with Gasteiger partial charge in [-0.15, -0.1) is 0 Å². The van der Waals surface area contributed by atoms with Crippen LogP contribution >= 0.6 is 0 Å². The van der Waals surface area contributed by atoms with E-state index in [-0.39, 0.29) is 0 Å². The first kappa shape index (κ1) is 13.8. The van der Waals surface area contributed by atoms with Crippen LogP contribution in [0.15, 0.2) is 0 Å². The van der Waals surface area contributed by atoms with Crippen LogP contribution in [0.1, 0.15) is 45.4 Å². The maximum Gasteiger partial charge on any atom is 0.322 e. The lowest BCUT2D eigenvalue weighted by Gasteiger charge is -2.31. The average molecular weight is 254 g/mol. The van der Waals surface area contributed by atoms with Gasteiger partial charge >= 0.3 is 5.97 Å². The zero-order chi connectivity index (χ0) is 13.0. The molecule has 1 saturated carbocycles. The van der Waals surface area contributed by atoms with Gasteiger partial charge in [-0.1, -0.05) is 19.8 Å². The number of likely N-dealkylation sites (N-methyl/N-ethyl adjacent to an activating group) is 1. The van der Waals surface area contributed by atoms with Gasteiger partial charge in [-0.3, -0.25) is 9.69 Å². The molecule has 2 aliphatic rings. The molecule has 2 atom stereocenters. The molecule has 2 unspecified atom stereocenters. The topological polar surface area (TPSA) is 52.6 Å². The number of hydrogen-bond donors (Lipinski definition) is 2. The van der Waals surface area contributed by atoms with Gasteiger partial charge in [0.1, 0.15) is 6.04 Å². The van der Waals surface area contributed by atoms with Crippen molar-refractivity contribution >= 4 is 5.97 Å². The van der Waals surface area contributed by atoms with E-state index in [2.05, 4.69) is 10.2 Å². The van der Waals surface area contributed by atoms with E-state index in [0.717, 1.165) is 19.0 Å². The predicted molar refractivity (Wildman–Crippen MR) is 71.7 cm³/mol. The highest BCUT2D eigenvalue weighted by Crippen LogP contribution is 2.35. The van der Waals surface area contributed by atoms with Gasteiger partial charge in [-0.2, -0.15) is 0 Å². The first-order chi connectivity index (χ1) is 8.72. The number of rotatable bonds is 6. The van der Waals surface area contributed by atoms with Crippen molar-refractivity contribution in [2.45, 2.75) is 57.5 Å². The third-order valence-corrected chi connectivity index (χ3v) is 4.52. The van der Waals surface area contributed by atoms with Crippen LogP contribution in [0.4, 0.5) is 0 Å². The largest absolute Gasteiger partial charge is 0.480 e. The number of likely N-dealkylation sites (tertiary alicyclic amines) is 1. The van der Waals surface area contributed by atoms with Gasteiger partial charge in [-0.05, 0) is 44.7 Å². The molecular formula is C14H26N2O2. The zero-order valence-electron chi connectivity index (χ0n) is 11.4. The number of aliphatic carboxylic acids is 1. The Morgan fingerprint density at radius 1 is 1.33 bits per heavy atom. The van der Waals surface area contributed by atoms with E-state index < -0.39 is 12.0 Å². The monoisotopic (exact) mass is 254 g/mol. The van der Waals surface area contributed by atoms with Gasteiger partial charge in [0.2, 0.25) is 0 Å². The van der Waals surface area contributed by atoms with Gasteiger partial charge in [0, 0.05) is 12.6 Å². The molecule has 0 spiro atoms. The van der Waals surface area contributed by atoms with E-state index in [9.17, 15) is 9.90 Å². The molecule has 18 heavy (non-hydrogen) atoms. The Bertz CT molecular complexity index is 277. The number of carbonyl (C=O) groups is 1. The fraction of sp³-hybridized carbons (Fsp3) is 0.929. The van der Waals surface area contributed by atoms with Crippen LogP contribution < -0.4 is 5.32 Å². The third-order valence-electron chi connectivity index (χ3n) is 4.52. The molecule has 1 saturated heterocycles. The van der Waals surface area contributed by atoms with Crippen LogP contribution in [0.3, 0.4) is 0 Å². The van der Waals surface area contributed by atoms with Crippen molar-refractivity contribution in [1.29, 1.82) is 0 Å². The van der Waals surface area contributed by atoms with Crippen molar-refractivity contribution in [3.63, 3.8) is 0 Å². The first-order valence-corrected chi connectivity index (χ1v) is 7.42. The summed E-state index contributed by atoms with van der Waals surface area (Å²) < 4.78 is 0. The van der Waals surface area contributed by atoms with Gasteiger partial charge in [0.05, 0.1) is 0 Å². The molecule has 104 valence electrons. The van der Waals surface area contributed by atoms with Crippen molar-refractivity contribution in [3.8, 4) is 0 Å². The molecule has 2 rings (SSSR count). The minimum atomic E-state index is -0.714. The second-order valence-corrected chi connectivity index (χ2v) is 5.70. The zero-order valence-corrected chi connectivity index (χ0v) is 11.4. The summed E-state index contributed by atoms with van der Waals surface area (Å²) in [6.07, 6.45) is 7.93. The highest BCUT2D eigenvalue weighted by atomic mass is 16.4. The Morgan fingerprint density at radius 3 is 2.67 bits per heavy atom. The molecule has 1 heterocycles.